The van der Waals surface area contributed by atoms with Crippen LogP contribution in [0.15, 0.2) is 42.5 Å². The van der Waals surface area contributed by atoms with Crippen molar-refractivity contribution >= 4 is 5.78 Å². The summed E-state index contributed by atoms with van der Waals surface area (Å²) in [6.07, 6.45) is 2.90. The fourth-order valence-electron chi connectivity index (χ4n) is 3.23. The lowest BCUT2D eigenvalue weighted by atomic mass is 9.86. The van der Waals surface area contributed by atoms with E-state index in [1.165, 1.54) is 11.1 Å². The van der Waals surface area contributed by atoms with Gasteiger partial charge >= 0.3 is 0 Å². The Kier molecular flexibility index (Phi) is 3.78. The molecule has 0 saturated heterocycles. The van der Waals surface area contributed by atoms with E-state index in [2.05, 4.69) is 19.1 Å². The third-order valence-electron chi connectivity index (χ3n) is 4.40. The van der Waals surface area contributed by atoms with E-state index in [0.717, 1.165) is 36.1 Å². The van der Waals surface area contributed by atoms with Crippen LogP contribution in [-0.4, -0.2) is 12.9 Å². The Morgan fingerprint density at radius 1 is 1.14 bits per heavy atom. The van der Waals surface area contributed by atoms with Gasteiger partial charge in [0, 0.05) is 11.5 Å². The quantitative estimate of drug-likeness (QED) is 0.766. The van der Waals surface area contributed by atoms with E-state index in [1.807, 2.05) is 30.3 Å². The minimum atomic E-state index is -0.0131. The molecule has 0 aromatic heterocycles. The number of fused-ring (bicyclic) bond motifs is 1. The van der Waals surface area contributed by atoms with Gasteiger partial charge in [0.25, 0.3) is 0 Å². The van der Waals surface area contributed by atoms with Gasteiger partial charge < -0.3 is 4.74 Å². The molecule has 0 amide bonds. The van der Waals surface area contributed by atoms with E-state index in [0.29, 0.717) is 0 Å². The Labute approximate surface area is 125 Å². The first-order chi connectivity index (χ1) is 10.2. The summed E-state index contributed by atoms with van der Waals surface area (Å²) in [7, 11) is 1.66. The van der Waals surface area contributed by atoms with Crippen molar-refractivity contribution in [3.8, 4) is 5.75 Å². The van der Waals surface area contributed by atoms with Crippen LogP contribution in [0.2, 0.25) is 0 Å². The highest BCUT2D eigenvalue weighted by Gasteiger charge is 2.27. The molecule has 108 valence electrons. The zero-order chi connectivity index (χ0) is 14.8. The summed E-state index contributed by atoms with van der Waals surface area (Å²) in [4.78, 5) is 12.9. The van der Waals surface area contributed by atoms with E-state index < -0.39 is 0 Å². The number of ether oxygens (including phenoxy) is 1. The zero-order valence-corrected chi connectivity index (χ0v) is 12.6. The second-order valence-electron chi connectivity index (χ2n) is 5.69. The summed E-state index contributed by atoms with van der Waals surface area (Å²) >= 11 is 0. The zero-order valence-electron chi connectivity index (χ0n) is 12.6. The predicted octanol–water partition coefficient (Wildman–Crippen LogP) is 4.31. The van der Waals surface area contributed by atoms with Gasteiger partial charge in [-0.15, -0.1) is 0 Å². The molecule has 0 radical (unpaired) electrons. The molecular weight excluding hydrogens is 260 g/mol. The summed E-state index contributed by atoms with van der Waals surface area (Å²) in [5.41, 5.74) is 4.36. The Balaban J connectivity index is 2.03. The van der Waals surface area contributed by atoms with Crippen molar-refractivity contribution in [2.75, 3.05) is 7.11 Å². The SMILES string of the molecule is COc1ccc2c(c1)CCCC(c1ccccc1C)C2=O. The molecule has 3 rings (SSSR count). The van der Waals surface area contributed by atoms with E-state index in [9.17, 15) is 4.79 Å². The lowest BCUT2D eigenvalue weighted by Crippen LogP contribution is -2.13. The molecule has 1 aliphatic rings. The van der Waals surface area contributed by atoms with Gasteiger partial charge in [0.2, 0.25) is 0 Å². The molecule has 0 heterocycles. The Morgan fingerprint density at radius 2 is 1.95 bits per heavy atom. The summed E-state index contributed by atoms with van der Waals surface area (Å²) < 4.78 is 5.28. The molecule has 0 N–H and O–H groups in total. The fourth-order valence-corrected chi connectivity index (χ4v) is 3.23. The first-order valence-electron chi connectivity index (χ1n) is 7.47. The topological polar surface area (TPSA) is 26.3 Å². The van der Waals surface area contributed by atoms with Crippen molar-refractivity contribution in [2.24, 2.45) is 0 Å². The van der Waals surface area contributed by atoms with Crippen molar-refractivity contribution in [1.82, 2.24) is 0 Å². The van der Waals surface area contributed by atoms with Crippen molar-refractivity contribution in [3.05, 3.63) is 64.7 Å². The Hall–Kier alpha value is -2.09. The molecule has 1 atom stereocenters. The fraction of sp³-hybridized carbons (Fsp3) is 0.316. The number of hydrogen-bond donors (Lipinski definition) is 0. The minimum absolute atomic E-state index is 0.0131. The highest BCUT2D eigenvalue weighted by molar-refractivity contribution is 6.02. The third-order valence-corrected chi connectivity index (χ3v) is 4.40. The average molecular weight is 280 g/mol. The van der Waals surface area contributed by atoms with Crippen LogP contribution >= 0.6 is 0 Å². The molecule has 2 heteroatoms. The first-order valence-corrected chi connectivity index (χ1v) is 7.47. The molecular formula is C19H20O2. The molecule has 0 bridgehead atoms. The highest BCUT2D eigenvalue weighted by Crippen LogP contribution is 2.34. The number of aryl methyl sites for hydroxylation is 2. The number of Topliss-reactive ketones (excluding diaryl/α,β-unsaturated/α-hetero) is 1. The third kappa shape index (κ3) is 2.58. The van der Waals surface area contributed by atoms with Crippen LogP contribution in [0.1, 0.15) is 45.8 Å². The molecule has 1 unspecified atom stereocenters. The van der Waals surface area contributed by atoms with Crippen LogP contribution in [-0.2, 0) is 6.42 Å². The maximum Gasteiger partial charge on any atom is 0.170 e. The molecule has 0 fully saturated rings. The van der Waals surface area contributed by atoms with Gasteiger partial charge in [-0.3, -0.25) is 4.79 Å². The smallest absolute Gasteiger partial charge is 0.170 e. The molecule has 2 aromatic rings. The van der Waals surface area contributed by atoms with Crippen LogP contribution in [0.5, 0.6) is 5.75 Å². The number of methoxy groups -OCH3 is 1. The maximum atomic E-state index is 12.9. The largest absolute Gasteiger partial charge is 0.497 e. The van der Waals surface area contributed by atoms with Gasteiger partial charge in [0.05, 0.1) is 7.11 Å². The summed E-state index contributed by atoms with van der Waals surface area (Å²) in [6, 6.07) is 14.0. The summed E-state index contributed by atoms with van der Waals surface area (Å²) in [5, 5.41) is 0. The van der Waals surface area contributed by atoms with Crippen LogP contribution in [0.4, 0.5) is 0 Å². The number of carbonyl (C=O) groups excluding carboxylic acids is 1. The molecule has 2 aromatic carbocycles. The standard InChI is InChI=1S/C19H20O2/c1-13-6-3-4-8-16(13)18-9-5-7-14-12-15(21-2)10-11-17(14)19(18)20/h3-4,6,8,10-12,18H,5,7,9H2,1-2H3. The lowest BCUT2D eigenvalue weighted by molar-refractivity contribution is 0.0957. The average Bonchev–Trinajstić information content (AvgIpc) is 2.67. The van der Waals surface area contributed by atoms with Crippen LogP contribution in [0.25, 0.3) is 0 Å². The molecule has 1 aliphatic carbocycles. The molecule has 2 nitrogen and oxygen atoms in total. The van der Waals surface area contributed by atoms with Crippen molar-refractivity contribution in [2.45, 2.75) is 32.1 Å². The number of hydrogen-bond acceptors (Lipinski definition) is 2. The number of ketones is 1. The van der Waals surface area contributed by atoms with E-state index in [-0.39, 0.29) is 11.7 Å². The normalized spacial score (nSPS) is 18.0. The minimum Gasteiger partial charge on any atom is -0.497 e. The van der Waals surface area contributed by atoms with Crippen molar-refractivity contribution in [3.63, 3.8) is 0 Å². The monoisotopic (exact) mass is 280 g/mol. The van der Waals surface area contributed by atoms with Gasteiger partial charge in [-0.2, -0.15) is 0 Å². The molecule has 21 heavy (non-hydrogen) atoms. The first kappa shape index (κ1) is 13.9. The van der Waals surface area contributed by atoms with E-state index >= 15 is 0 Å². The van der Waals surface area contributed by atoms with Gasteiger partial charge in [-0.05, 0) is 61.1 Å². The lowest BCUT2D eigenvalue weighted by Gasteiger charge is -2.16. The predicted molar refractivity (Wildman–Crippen MR) is 84.2 cm³/mol. The van der Waals surface area contributed by atoms with Crippen molar-refractivity contribution in [1.29, 1.82) is 0 Å². The second kappa shape index (κ2) is 5.72. The van der Waals surface area contributed by atoms with Crippen LogP contribution in [0, 0.1) is 6.92 Å². The maximum absolute atomic E-state index is 12.9. The van der Waals surface area contributed by atoms with E-state index in [1.54, 1.807) is 7.11 Å². The van der Waals surface area contributed by atoms with E-state index in [4.69, 9.17) is 4.74 Å². The molecule has 0 saturated carbocycles. The molecule has 0 spiro atoms. The summed E-state index contributed by atoms with van der Waals surface area (Å²) in [6.45, 7) is 2.09. The number of benzene rings is 2. The van der Waals surface area contributed by atoms with Crippen molar-refractivity contribution < 1.29 is 9.53 Å². The van der Waals surface area contributed by atoms with Crippen LogP contribution < -0.4 is 4.74 Å². The second-order valence-corrected chi connectivity index (χ2v) is 5.69. The number of carbonyl (C=O) groups is 1. The Morgan fingerprint density at radius 3 is 2.71 bits per heavy atom. The van der Waals surface area contributed by atoms with Gasteiger partial charge in [-0.1, -0.05) is 24.3 Å². The molecule has 0 aliphatic heterocycles. The van der Waals surface area contributed by atoms with Gasteiger partial charge in [0.1, 0.15) is 5.75 Å². The number of rotatable bonds is 2. The van der Waals surface area contributed by atoms with Gasteiger partial charge in [0.15, 0.2) is 5.78 Å². The Bertz CT molecular complexity index is 673. The summed E-state index contributed by atoms with van der Waals surface area (Å²) in [5.74, 6) is 1.07. The highest BCUT2D eigenvalue weighted by atomic mass is 16.5. The van der Waals surface area contributed by atoms with Crippen LogP contribution in [0.3, 0.4) is 0 Å². The van der Waals surface area contributed by atoms with Gasteiger partial charge in [-0.25, -0.2) is 0 Å².